The Labute approximate surface area is 229 Å². The van der Waals surface area contributed by atoms with Gasteiger partial charge in [-0.3, -0.25) is 9.88 Å². The number of pyridine rings is 1. The topological polar surface area (TPSA) is 70.1 Å². The number of halogens is 2. The first kappa shape index (κ1) is 29.1. The van der Waals surface area contributed by atoms with Crippen molar-refractivity contribution >= 4 is 11.5 Å². The molecule has 0 N–H and O–H groups in total. The zero-order valence-corrected chi connectivity index (χ0v) is 22.7. The smallest absolute Gasteiger partial charge is 0.332 e. The lowest BCUT2D eigenvalue weighted by Crippen LogP contribution is -2.43. The fraction of sp³-hybridized carbons (Fsp3) is 0.533. The van der Waals surface area contributed by atoms with Gasteiger partial charge in [0.1, 0.15) is 19.0 Å². The molecule has 2 aliphatic rings. The first-order valence-corrected chi connectivity index (χ1v) is 13.7. The number of esters is 1. The molecule has 0 unspecified atom stereocenters. The van der Waals surface area contributed by atoms with Crippen LogP contribution in [0.15, 0.2) is 48.2 Å². The average Bonchev–Trinajstić information content (AvgIpc) is 3.28. The fourth-order valence-electron chi connectivity index (χ4n) is 5.34. The highest BCUT2D eigenvalue weighted by atomic mass is 19.3. The number of aromatic nitrogens is 1. The lowest BCUT2D eigenvalue weighted by molar-refractivity contribution is -0.148. The first-order valence-electron chi connectivity index (χ1n) is 13.7. The molecule has 1 aromatic carbocycles. The summed E-state index contributed by atoms with van der Waals surface area (Å²) < 4.78 is 48.6. The molecule has 7 nitrogen and oxygen atoms in total. The van der Waals surface area contributed by atoms with Gasteiger partial charge >= 0.3 is 5.97 Å². The van der Waals surface area contributed by atoms with Gasteiger partial charge in [-0.2, -0.15) is 0 Å². The van der Waals surface area contributed by atoms with E-state index in [-0.39, 0.29) is 31.2 Å². The number of fused-ring (bicyclic) bond motifs is 2. The number of rotatable bonds is 15. The summed E-state index contributed by atoms with van der Waals surface area (Å²) in [5.74, 6) is 0.265. The Kier molecular flexibility index (Phi) is 10.8. The number of nitrogens with zero attached hydrogens (tertiary/aromatic N) is 2. The molecule has 0 bridgehead atoms. The predicted molar refractivity (Wildman–Crippen MR) is 144 cm³/mol. The molecule has 9 heteroatoms. The molecule has 2 atom stereocenters. The van der Waals surface area contributed by atoms with Gasteiger partial charge in [-0.15, -0.1) is 0 Å². The van der Waals surface area contributed by atoms with Gasteiger partial charge in [-0.25, -0.2) is 13.6 Å². The SMILES string of the molecule is CCOC(=O)COCCCCOCCOc1ccc([C@@H]2C3=C(C[C@@H](C)N2CC(F)F)c2ccccc2C3)nc1. The number of benzene rings is 1. The minimum atomic E-state index is -2.42. The van der Waals surface area contributed by atoms with Gasteiger partial charge in [0.25, 0.3) is 6.43 Å². The van der Waals surface area contributed by atoms with E-state index in [2.05, 4.69) is 17.1 Å². The van der Waals surface area contributed by atoms with Crippen LogP contribution in [-0.4, -0.2) is 74.5 Å². The third kappa shape index (κ3) is 7.84. The monoisotopic (exact) mass is 544 g/mol. The van der Waals surface area contributed by atoms with Crippen molar-refractivity contribution in [3.05, 3.63) is 65.0 Å². The van der Waals surface area contributed by atoms with Crippen LogP contribution in [0.3, 0.4) is 0 Å². The summed E-state index contributed by atoms with van der Waals surface area (Å²) in [4.78, 5) is 17.8. The molecule has 1 aliphatic heterocycles. The second kappa shape index (κ2) is 14.5. The lowest BCUT2D eigenvalue weighted by atomic mass is 9.87. The normalized spacial score (nSPS) is 18.8. The summed E-state index contributed by atoms with van der Waals surface area (Å²) >= 11 is 0. The molecule has 0 saturated carbocycles. The summed E-state index contributed by atoms with van der Waals surface area (Å²) in [7, 11) is 0. The van der Waals surface area contributed by atoms with Gasteiger partial charge in [0.15, 0.2) is 0 Å². The molecule has 0 spiro atoms. The van der Waals surface area contributed by atoms with Crippen LogP contribution >= 0.6 is 0 Å². The molecule has 1 aromatic heterocycles. The summed E-state index contributed by atoms with van der Waals surface area (Å²) in [5, 5.41) is 0. The maximum absolute atomic E-state index is 13.6. The highest BCUT2D eigenvalue weighted by Gasteiger charge is 2.40. The zero-order valence-electron chi connectivity index (χ0n) is 22.7. The standard InChI is InChI=1S/C30H38F2N2O5/c1-3-38-29(35)20-37-13-7-6-12-36-14-15-39-23-10-11-27(33-18-23)30-26-17-22-8-4-5-9-24(22)25(26)16-21(2)34(30)19-28(31)32/h4-5,8-11,18,21,28,30H,3,6-7,12-17,19-20H2,1-2H3/t21-,30+/m1/s1. The molecule has 0 fully saturated rings. The summed E-state index contributed by atoms with van der Waals surface area (Å²) in [6.45, 7) is 5.69. The molecule has 2 aromatic rings. The highest BCUT2D eigenvalue weighted by Crippen LogP contribution is 2.48. The van der Waals surface area contributed by atoms with E-state index in [1.54, 1.807) is 13.1 Å². The largest absolute Gasteiger partial charge is 0.490 e. The predicted octanol–water partition coefficient (Wildman–Crippen LogP) is 5.25. The number of unbranched alkanes of at least 4 members (excludes halogenated alkanes) is 1. The number of ether oxygens (including phenoxy) is 4. The first-order chi connectivity index (χ1) is 19.0. The van der Waals surface area contributed by atoms with Crippen molar-refractivity contribution in [2.45, 2.75) is 58.0 Å². The fourth-order valence-corrected chi connectivity index (χ4v) is 5.34. The molecular formula is C30H38F2N2O5. The maximum atomic E-state index is 13.6. The van der Waals surface area contributed by atoms with Gasteiger partial charge in [0, 0.05) is 19.3 Å². The lowest BCUT2D eigenvalue weighted by Gasteiger charge is -2.41. The minimum absolute atomic E-state index is 0.0205. The zero-order chi connectivity index (χ0) is 27.6. The summed E-state index contributed by atoms with van der Waals surface area (Å²) in [6, 6.07) is 11.8. The molecule has 0 amide bonds. The van der Waals surface area contributed by atoms with Crippen LogP contribution in [0.1, 0.15) is 56.0 Å². The molecular weight excluding hydrogens is 506 g/mol. The summed E-state index contributed by atoms with van der Waals surface area (Å²) in [5.41, 5.74) is 5.71. The molecule has 0 radical (unpaired) electrons. The number of hydrogen-bond donors (Lipinski definition) is 0. The van der Waals surface area contributed by atoms with Crippen LogP contribution < -0.4 is 4.74 Å². The van der Waals surface area contributed by atoms with E-state index in [1.807, 2.05) is 36.1 Å². The Balaban J connectivity index is 1.26. The quantitative estimate of drug-likeness (QED) is 0.224. The Morgan fingerprint density at radius 1 is 1.08 bits per heavy atom. The molecule has 212 valence electrons. The van der Waals surface area contributed by atoms with Gasteiger partial charge in [0.2, 0.25) is 0 Å². The van der Waals surface area contributed by atoms with E-state index in [0.29, 0.717) is 38.8 Å². The van der Waals surface area contributed by atoms with Crippen molar-refractivity contribution < 1.29 is 32.5 Å². The van der Waals surface area contributed by atoms with Crippen molar-refractivity contribution in [1.29, 1.82) is 0 Å². The second-order valence-corrected chi connectivity index (χ2v) is 9.83. The van der Waals surface area contributed by atoms with Gasteiger partial charge < -0.3 is 18.9 Å². The second-order valence-electron chi connectivity index (χ2n) is 9.83. The number of alkyl halides is 2. The maximum Gasteiger partial charge on any atom is 0.332 e. The van der Waals surface area contributed by atoms with Crippen molar-refractivity contribution in [3.63, 3.8) is 0 Å². The molecule has 0 saturated heterocycles. The number of carbonyl (C=O) groups excluding carboxylic acids is 1. The minimum Gasteiger partial charge on any atom is -0.490 e. The Bertz CT molecular complexity index is 1110. The van der Waals surface area contributed by atoms with E-state index >= 15 is 0 Å². The Morgan fingerprint density at radius 2 is 1.87 bits per heavy atom. The Hall–Kier alpha value is -2.88. The van der Waals surface area contributed by atoms with E-state index in [1.165, 1.54) is 22.3 Å². The number of carbonyl (C=O) groups is 1. The van der Waals surface area contributed by atoms with Crippen LogP contribution in [0, 0.1) is 0 Å². The van der Waals surface area contributed by atoms with E-state index in [4.69, 9.17) is 18.9 Å². The van der Waals surface area contributed by atoms with Crippen LogP contribution in [0.25, 0.3) is 5.57 Å². The average molecular weight is 545 g/mol. The third-order valence-corrected chi connectivity index (χ3v) is 7.08. The van der Waals surface area contributed by atoms with Crippen molar-refractivity contribution in [1.82, 2.24) is 9.88 Å². The van der Waals surface area contributed by atoms with Gasteiger partial charge in [-0.1, -0.05) is 24.3 Å². The van der Waals surface area contributed by atoms with Crippen molar-refractivity contribution in [2.24, 2.45) is 0 Å². The van der Waals surface area contributed by atoms with E-state index < -0.39 is 6.43 Å². The molecule has 2 heterocycles. The molecule has 39 heavy (non-hydrogen) atoms. The van der Waals surface area contributed by atoms with Crippen LogP contribution in [0.5, 0.6) is 5.75 Å². The van der Waals surface area contributed by atoms with Crippen LogP contribution in [-0.2, 0) is 25.4 Å². The Morgan fingerprint density at radius 3 is 2.62 bits per heavy atom. The van der Waals surface area contributed by atoms with E-state index in [9.17, 15) is 13.6 Å². The van der Waals surface area contributed by atoms with Crippen molar-refractivity contribution in [3.8, 4) is 5.75 Å². The van der Waals surface area contributed by atoms with Crippen molar-refractivity contribution in [2.75, 3.05) is 46.2 Å². The van der Waals surface area contributed by atoms with E-state index in [0.717, 1.165) is 31.4 Å². The van der Waals surface area contributed by atoms with Crippen LogP contribution in [0.4, 0.5) is 8.78 Å². The van der Waals surface area contributed by atoms with Gasteiger partial charge in [-0.05, 0) is 73.9 Å². The van der Waals surface area contributed by atoms with Crippen LogP contribution in [0.2, 0.25) is 0 Å². The highest BCUT2D eigenvalue weighted by molar-refractivity contribution is 5.78. The molecule has 1 aliphatic carbocycles. The summed E-state index contributed by atoms with van der Waals surface area (Å²) in [6.07, 6.45) is 2.38. The number of hydrogen-bond acceptors (Lipinski definition) is 7. The van der Waals surface area contributed by atoms with Gasteiger partial charge in [0.05, 0.1) is 37.7 Å². The molecule has 4 rings (SSSR count). The third-order valence-electron chi connectivity index (χ3n) is 7.08.